The van der Waals surface area contributed by atoms with E-state index in [0.29, 0.717) is 5.75 Å². The van der Waals surface area contributed by atoms with Gasteiger partial charge in [-0.2, -0.15) is 0 Å². The van der Waals surface area contributed by atoms with Crippen molar-refractivity contribution in [2.45, 2.75) is 6.92 Å². The molecule has 0 aliphatic carbocycles. The highest BCUT2D eigenvalue weighted by molar-refractivity contribution is 5.90. The van der Waals surface area contributed by atoms with E-state index < -0.39 is 0 Å². The number of hydrogen-bond donors (Lipinski definition) is 1. The van der Waals surface area contributed by atoms with E-state index in [9.17, 15) is 5.11 Å². The Bertz CT molecular complexity index is 382. The van der Waals surface area contributed by atoms with Crippen LogP contribution < -0.4 is 0 Å². The van der Waals surface area contributed by atoms with Crippen molar-refractivity contribution in [3.63, 3.8) is 0 Å². The quantitative estimate of drug-likeness (QED) is 0.625. The van der Waals surface area contributed by atoms with Gasteiger partial charge in [0.1, 0.15) is 5.75 Å². The topological polar surface area (TPSA) is 20.2 Å². The van der Waals surface area contributed by atoms with Crippen LogP contribution in [0.4, 0.5) is 0 Å². The third kappa shape index (κ3) is 0.944. The SMILES string of the molecule is Cc1cccc2cccc(O)c12. The molecule has 0 bridgehead atoms. The monoisotopic (exact) mass is 158 g/mol. The van der Waals surface area contributed by atoms with E-state index in [2.05, 4.69) is 0 Å². The van der Waals surface area contributed by atoms with Crippen molar-refractivity contribution in [2.75, 3.05) is 0 Å². The first-order valence-corrected chi connectivity index (χ1v) is 3.96. The number of hydrogen-bond acceptors (Lipinski definition) is 1. The number of rotatable bonds is 0. The van der Waals surface area contributed by atoms with Crippen LogP contribution in [0.2, 0.25) is 0 Å². The lowest BCUT2D eigenvalue weighted by Gasteiger charge is -2.02. The maximum Gasteiger partial charge on any atom is 0.123 e. The number of phenolic OH excluding ortho intramolecular Hbond substituents is 1. The van der Waals surface area contributed by atoms with E-state index in [4.69, 9.17) is 0 Å². The largest absolute Gasteiger partial charge is 0.507 e. The molecule has 0 aromatic heterocycles. The second-order valence-electron chi connectivity index (χ2n) is 2.95. The van der Waals surface area contributed by atoms with Crippen molar-refractivity contribution in [3.05, 3.63) is 42.0 Å². The Morgan fingerprint density at radius 2 is 1.67 bits per heavy atom. The van der Waals surface area contributed by atoms with Gasteiger partial charge in [0.05, 0.1) is 0 Å². The summed E-state index contributed by atoms with van der Waals surface area (Å²) in [7, 11) is 0. The van der Waals surface area contributed by atoms with Crippen LogP contribution in [0.25, 0.3) is 10.8 Å². The molecule has 0 aliphatic rings. The van der Waals surface area contributed by atoms with E-state index >= 15 is 0 Å². The molecule has 0 aliphatic heterocycles. The summed E-state index contributed by atoms with van der Waals surface area (Å²) in [5.74, 6) is 0.366. The fraction of sp³-hybridized carbons (Fsp3) is 0.0909. The average molecular weight is 158 g/mol. The highest BCUT2D eigenvalue weighted by Gasteiger charge is 1.99. The zero-order valence-corrected chi connectivity index (χ0v) is 6.91. The standard InChI is InChI=1S/C11H10O/c1-8-4-2-5-9-6-3-7-10(12)11(8)9/h2-7,12H,1H3. The van der Waals surface area contributed by atoms with Crippen LogP contribution in [-0.4, -0.2) is 5.11 Å². The zero-order valence-electron chi connectivity index (χ0n) is 6.91. The zero-order chi connectivity index (χ0) is 8.55. The summed E-state index contributed by atoms with van der Waals surface area (Å²) in [5.41, 5.74) is 1.12. The second kappa shape index (κ2) is 2.52. The minimum Gasteiger partial charge on any atom is -0.507 e. The summed E-state index contributed by atoms with van der Waals surface area (Å²) in [6, 6.07) is 11.6. The molecule has 1 N–H and O–H groups in total. The molecule has 2 aromatic rings. The van der Waals surface area contributed by atoms with Crippen LogP contribution in [0.1, 0.15) is 5.56 Å². The van der Waals surface area contributed by atoms with Gasteiger partial charge in [-0.15, -0.1) is 0 Å². The molecule has 60 valence electrons. The summed E-state index contributed by atoms with van der Waals surface area (Å²) in [6.45, 7) is 2.00. The molecule has 12 heavy (non-hydrogen) atoms. The lowest BCUT2D eigenvalue weighted by atomic mass is 10.1. The molecule has 2 rings (SSSR count). The third-order valence-electron chi connectivity index (χ3n) is 2.09. The molecular formula is C11H10O. The second-order valence-corrected chi connectivity index (χ2v) is 2.95. The first kappa shape index (κ1) is 7.17. The van der Waals surface area contributed by atoms with Gasteiger partial charge >= 0.3 is 0 Å². The molecule has 2 aromatic carbocycles. The summed E-state index contributed by atoms with van der Waals surface area (Å²) in [5, 5.41) is 11.6. The molecular weight excluding hydrogens is 148 g/mol. The minimum absolute atomic E-state index is 0.366. The van der Waals surface area contributed by atoms with Gasteiger partial charge in [-0.3, -0.25) is 0 Å². The van der Waals surface area contributed by atoms with Gasteiger partial charge in [0, 0.05) is 5.39 Å². The molecule has 0 atom stereocenters. The lowest BCUT2D eigenvalue weighted by Crippen LogP contribution is -1.77. The van der Waals surface area contributed by atoms with Crippen LogP contribution >= 0.6 is 0 Å². The van der Waals surface area contributed by atoms with Crippen LogP contribution in [0, 0.1) is 6.92 Å². The Kier molecular flexibility index (Phi) is 1.51. The predicted octanol–water partition coefficient (Wildman–Crippen LogP) is 2.85. The van der Waals surface area contributed by atoms with Crippen LogP contribution in [0.5, 0.6) is 5.75 Å². The fourth-order valence-electron chi connectivity index (χ4n) is 1.51. The van der Waals surface area contributed by atoms with Crippen molar-refractivity contribution < 1.29 is 5.11 Å². The Labute approximate surface area is 71.3 Å². The van der Waals surface area contributed by atoms with Crippen molar-refractivity contribution in [3.8, 4) is 5.75 Å². The first-order chi connectivity index (χ1) is 5.79. The first-order valence-electron chi connectivity index (χ1n) is 3.96. The van der Waals surface area contributed by atoms with Crippen molar-refractivity contribution >= 4 is 10.8 Å². The molecule has 0 heterocycles. The van der Waals surface area contributed by atoms with Gasteiger partial charge < -0.3 is 5.11 Å². The molecule has 0 spiro atoms. The highest BCUT2D eigenvalue weighted by atomic mass is 16.3. The van der Waals surface area contributed by atoms with Crippen molar-refractivity contribution in [1.29, 1.82) is 0 Å². The smallest absolute Gasteiger partial charge is 0.123 e. The van der Waals surface area contributed by atoms with Crippen LogP contribution in [-0.2, 0) is 0 Å². The Balaban J connectivity index is 2.96. The van der Waals surface area contributed by atoms with Crippen LogP contribution in [0.15, 0.2) is 36.4 Å². The van der Waals surface area contributed by atoms with Gasteiger partial charge in [-0.25, -0.2) is 0 Å². The molecule has 0 radical (unpaired) electrons. The van der Waals surface area contributed by atoms with Crippen molar-refractivity contribution in [1.82, 2.24) is 0 Å². The van der Waals surface area contributed by atoms with E-state index in [1.807, 2.05) is 37.3 Å². The maximum absolute atomic E-state index is 9.55. The normalized spacial score (nSPS) is 10.4. The number of fused-ring (bicyclic) bond motifs is 1. The van der Waals surface area contributed by atoms with Gasteiger partial charge in [0.25, 0.3) is 0 Å². The average Bonchev–Trinajstić information content (AvgIpc) is 2.04. The number of phenols is 1. The summed E-state index contributed by atoms with van der Waals surface area (Å²) < 4.78 is 0. The van der Waals surface area contributed by atoms with Gasteiger partial charge in [-0.05, 0) is 23.9 Å². The van der Waals surface area contributed by atoms with E-state index in [-0.39, 0.29) is 0 Å². The summed E-state index contributed by atoms with van der Waals surface area (Å²) in [6.07, 6.45) is 0. The number of aryl methyl sites for hydroxylation is 1. The fourth-order valence-corrected chi connectivity index (χ4v) is 1.51. The molecule has 0 fully saturated rings. The van der Waals surface area contributed by atoms with E-state index in [1.54, 1.807) is 6.07 Å². The molecule has 0 saturated heterocycles. The summed E-state index contributed by atoms with van der Waals surface area (Å²) in [4.78, 5) is 0. The molecule has 1 heteroatoms. The van der Waals surface area contributed by atoms with E-state index in [0.717, 1.165) is 16.3 Å². The van der Waals surface area contributed by atoms with Gasteiger partial charge in [0.2, 0.25) is 0 Å². The van der Waals surface area contributed by atoms with Gasteiger partial charge in [0.15, 0.2) is 0 Å². The third-order valence-corrected chi connectivity index (χ3v) is 2.09. The van der Waals surface area contributed by atoms with Crippen LogP contribution in [0.3, 0.4) is 0 Å². The summed E-state index contributed by atoms with van der Waals surface area (Å²) >= 11 is 0. The Hall–Kier alpha value is -1.50. The molecule has 0 unspecified atom stereocenters. The Morgan fingerprint density at radius 3 is 2.33 bits per heavy atom. The highest BCUT2D eigenvalue weighted by Crippen LogP contribution is 2.26. The lowest BCUT2D eigenvalue weighted by molar-refractivity contribution is 0.481. The number of aromatic hydroxyl groups is 1. The molecule has 0 amide bonds. The molecule has 0 saturated carbocycles. The molecule has 1 nitrogen and oxygen atoms in total. The predicted molar refractivity (Wildman–Crippen MR) is 50.3 cm³/mol. The Morgan fingerprint density at radius 1 is 1.00 bits per heavy atom. The van der Waals surface area contributed by atoms with Gasteiger partial charge in [-0.1, -0.05) is 30.3 Å². The number of benzene rings is 2. The maximum atomic E-state index is 9.55. The van der Waals surface area contributed by atoms with E-state index in [1.165, 1.54) is 0 Å². The van der Waals surface area contributed by atoms with Crippen molar-refractivity contribution in [2.24, 2.45) is 0 Å². The minimum atomic E-state index is 0.366.